The third-order valence-electron chi connectivity index (χ3n) is 5.88. The minimum atomic E-state index is -0.569. The van der Waals surface area contributed by atoms with Crippen LogP contribution in [0.15, 0.2) is 48.0 Å². The number of allylic oxidation sites excluding steroid dienone is 1. The lowest BCUT2D eigenvalue weighted by Gasteiger charge is -2.43. The Hall–Kier alpha value is -2.67. The normalized spacial score (nSPS) is 18.9. The first-order chi connectivity index (χ1) is 15.5. The zero-order valence-corrected chi connectivity index (χ0v) is 21.0. The Labute approximate surface area is 208 Å². The monoisotopic (exact) mass is 499 g/mol. The number of amides is 2. The van der Waals surface area contributed by atoms with Crippen LogP contribution in [0.25, 0.3) is 11.6 Å². The summed E-state index contributed by atoms with van der Waals surface area (Å²) >= 11 is 18.0. The summed E-state index contributed by atoms with van der Waals surface area (Å²) in [5.41, 5.74) is 3.99. The summed E-state index contributed by atoms with van der Waals surface area (Å²) in [4.78, 5) is 29.6. The molecular weight excluding hydrogens is 477 g/mol. The van der Waals surface area contributed by atoms with Crippen molar-refractivity contribution in [2.45, 2.75) is 33.2 Å². The van der Waals surface area contributed by atoms with Crippen LogP contribution in [-0.4, -0.2) is 29.0 Å². The average molecular weight is 500 g/mol. The van der Waals surface area contributed by atoms with E-state index in [2.05, 4.69) is 44.0 Å². The molecule has 0 atom stereocenters. The lowest BCUT2D eigenvalue weighted by molar-refractivity contribution is -0.122. The number of halogens is 2. The first kappa shape index (κ1) is 23.5. The molecule has 5 nitrogen and oxygen atoms in total. The number of rotatable bonds is 3. The van der Waals surface area contributed by atoms with E-state index in [1.807, 2.05) is 12.1 Å². The molecule has 0 spiro atoms. The molecule has 1 fully saturated rings. The van der Waals surface area contributed by atoms with Crippen molar-refractivity contribution in [2.24, 2.45) is 0 Å². The maximum Gasteiger partial charge on any atom is 0.270 e. The molecular formula is C25H23Cl2N3O2S. The van der Waals surface area contributed by atoms with Gasteiger partial charge in [0.15, 0.2) is 5.11 Å². The van der Waals surface area contributed by atoms with E-state index >= 15 is 0 Å². The molecule has 2 aromatic carbocycles. The van der Waals surface area contributed by atoms with Crippen LogP contribution in [0.1, 0.15) is 38.8 Å². The fraction of sp³-hybridized carbons (Fsp3) is 0.240. The fourth-order valence-electron chi connectivity index (χ4n) is 4.47. The standard InChI is InChI=1S/C25H23Cl2N3O2S/c1-5-29-21-12-20(27)15(9-18(21)14(2)13-25(29,3)4)10-19-22(31)28-24(33)30(23(19)32)17-8-6-7-16(26)11-17/h6-13H,5H2,1-4H3,(H,28,31,33)/b19-10-. The minimum Gasteiger partial charge on any atom is -0.363 e. The predicted octanol–water partition coefficient (Wildman–Crippen LogP) is 5.85. The van der Waals surface area contributed by atoms with E-state index < -0.39 is 11.8 Å². The minimum absolute atomic E-state index is 0.000510. The molecule has 2 aliphatic rings. The van der Waals surface area contributed by atoms with E-state index in [1.54, 1.807) is 24.3 Å². The lowest BCUT2D eigenvalue weighted by Crippen LogP contribution is -2.54. The maximum atomic E-state index is 13.3. The van der Waals surface area contributed by atoms with Gasteiger partial charge in [-0.05, 0) is 87.5 Å². The van der Waals surface area contributed by atoms with Gasteiger partial charge in [-0.2, -0.15) is 0 Å². The van der Waals surface area contributed by atoms with Gasteiger partial charge in [0.2, 0.25) is 0 Å². The van der Waals surface area contributed by atoms with Crippen molar-refractivity contribution >= 4 is 75.4 Å². The molecule has 1 N–H and O–H groups in total. The zero-order chi connectivity index (χ0) is 24.1. The van der Waals surface area contributed by atoms with Crippen LogP contribution < -0.4 is 15.1 Å². The number of likely N-dealkylation sites (N-methyl/N-ethyl adjacent to an activating group) is 1. The number of thiocarbonyl (C=S) groups is 1. The lowest BCUT2D eigenvalue weighted by atomic mass is 9.87. The van der Waals surface area contributed by atoms with E-state index in [0.29, 0.717) is 21.3 Å². The molecule has 2 aliphatic heterocycles. The molecule has 0 unspecified atom stereocenters. The molecule has 170 valence electrons. The zero-order valence-electron chi connectivity index (χ0n) is 18.7. The number of carbonyl (C=O) groups is 2. The number of hydrogen-bond donors (Lipinski definition) is 1. The van der Waals surface area contributed by atoms with Crippen LogP contribution in [0.4, 0.5) is 11.4 Å². The fourth-order valence-corrected chi connectivity index (χ4v) is 5.14. The van der Waals surface area contributed by atoms with Crippen LogP contribution in [-0.2, 0) is 9.59 Å². The van der Waals surface area contributed by atoms with Crippen LogP contribution in [0.2, 0.25) is 10.0 Å². The van der Waals surface area contributed by atoms with Gasteiger partial charge >= 0.3 is 0 Å². The Bertz CT molecular complexity index is 1270. The molecule has 2 heterocycles. The van der Waals surface area contributed by atoms with E-state index in [-0.39, 0.29) is 16.2 Å². The Kier molecular flexibility index (Phi) is 6.12. The van der Waals surface area contributed by atoms with Crippen molar-refractivity contribution < 1.29 is 9.59 Å². The van der Waals surface area contributed by atoms with Gasteiger partial charge in [-0.15, -0.1) is 0 Å². The topological polar surface area (TPSA) is 52.7 Å². The molecule has 0 aliphatic carbocycles. The van der Waals surface area contributed by atoms with E-state index in [4.69, 9.17) is 35.4 Å². The van der Waals surface area contributed by atoms with Crippen LogP contribution >= 0.6 is 35.4 Å². The Balaban J connectivity index is 1.80. The van der Waals surface area contributed by atoms with Gasteiger partial charge < -0.3 is 4.90 Å². The average Bonchev–Trinajstić information content (AvgIpc) is 2.71. The summed E-state index contributed by atoms with van der Waals surface area (Å²) in [6, 6.07) is 10.5. The maximum absolute atomic E-state index is 13.3. The van der Waals surface area contributed by atoms with Gasteiger partial charge in [-0.1, -0.05) is 35.3 Å². The molecule has 0 bridgehead atoms. The number of carbonyl (C=O) groups excluding carboxylic acids is 2. The number of hydrogen-bond acceptors (Lipinski definition) is 4. The van der Waals surface area contributed by atoms with E-state index in [0.717, 1.165) is 23.4 Å². The molecule has 2 aromatic rings. The second-order valence-corrected chi connectivity index (χ2v) is 9.78. The van der Waals surface area contributed by atoms with Crippen molar-refractivity contribution in [3.8, 4) is 0 Å². The molecule has 0 saturated carbocycles. The largest absolute Gasteiger partial charge is 0.363 e. The second-order valence-electron chi connectivity index (χ2n) is 8.55. The Morgan fingerprint density at radius 3 is 2.55 bits per heavy atom. The van der Waals surface area contributed by atoms with Crippen molar-refractivity contribution in [1.82, 2.24) is 5.32 Å². The Morgan fingerprint density at radius 1 is 1.15 bits per heavy atom. The van der Waals surface area contributed by atoms with Crippen molar-refractivity contribution in [3.63, 3.8) is 0 Å². The highest BCUT2D eigenvalue weighted by Gasteiger charge is 2.35. The molecule has 4 rings (SSSR count). The smallest absolute Gasteiger partial charge is 0.270 e. The highest BCUT2D eigenvalue weighted by Crippen LogP contribution is 2.41. The number of nitrogens with one attached hydrogen (secondary N) is 1. The number of fused-ring (bicyclic) bond motifs is 1. The molecule has 2 amide bonds. The van der Waals surface area contributed by atoms with E-state index in [9.17, 15) is 9.59 Å². The molecule has 0 radical (unpaired) electrons. The molecule has 0 aromatic heterocycles. The number of benzene rings is 2. The third kappa shape index (κ3) is 4.19. The SMILES string of the molecule is CCN1c2cc(Cl)c(/C=C3/C(=O)NC(=S)N(c4cccc(Cl)c4)C3=O)cc2C(C)=CC1(C)C. The summed E-state index contributed by atoms with van der Waals surface area (Å²) in [7, 11) is 0. The number of nitrogens with zero attached hydrogens (tertiary/aromatic N) is 2. The summed E-state index contributed by atoms with van der Waals surface area (Å²) in [6.07, 6.45) is 3.73. The van der Waals surface area contributed by atoms with Gasteiger partial charge in [0, 0.05) is 27.8 Å². The van der Waals surface area contributed by atoms with Crippen LogP contribution in [0.5, 0.6) is 0 Å². The van der Waals surface area contributed by atoms with Crippen LogP contribution in [0.3, 0.4) is 0 Å². The van der Waals surface area contributed by atoms with Gasteiger partial charge in [-0.3, -0.25) is 19.8 Å². The second kappa shape index (κ2) is 8.60. The first-order valence-corrected chi connectivity index (χ1v) is 11.7. The summed E-state index contributed by atoms with van der Waals surface area (Å²) < 4.78 is 0. The predicted molar refractivity (Wildman–Crippen MR) is 140 cm³/mol. The summed E-state index contributed by atoms with van der Waals surface area (Å²) in [6.45, 7) is 9.28. The quantitative estimate of drug-likeness (QED) is 0.327. The summed E-state index contributed by atoms with van der Waals surface area (Å²) in [5.74, 6) is -1.11. The molecule has 33 heavy (non-hydrogen) atoms. The molecule has 8 heteroatoms. The molecule has 1 saturated heterocycles. The highest BCUT2D eigenvalue weighted by molar-refractivity contribution is 7.80. The van der Waals surface area contributed by atoms with Crippen molar-refractivity contribution in [2.75, 3.05) is 16.3 Å². The van der Waals surface area contributed by atoms with Crippen molar-refractivity contribution in [1.29, 1.82) is 0 Å². The van der Waals surface area contributed by atoms with Gasteiger partial charge in [-0.25, -0.2) is 0 Å². The van der Waals surface area contributed by atoms with Gasteiger partial charge in [0.25, 0.3) is 11.8 Å². The third-order valence-corrected chi connectivity index (χ3v) is 6.73. The van der Waals surface area contributed by atoms with Crippen LogP contribution in [0, 0.1) is 0 Å². The summed E-state index contributed by atoms with van der Waals surface area (Å²) in [5, 5.41) is 3.49. The van der Waals surface area contributed by atoms with Crippen molar-refractivity contribution in [3.05, 3.63) is 69.2 Å². The van der Waals surface area contributed by atoms with Gasteiger partial charge in [0.05, 0.1) is 11.2 Å². The Morgan fingerprint density at radius 2 is 1.88 bits per heavy atom. The van der Waals surface area contributed by atoms with E-state index in [1.165, 1.54) is 11.0 Å². The van der Waals surface area contributed by atoms with Gasteiger partial charge in [0.1, 0.15) is 5.57 Å². The first-order valence-electron chi connectivity index (χ1n) is 10.5. The highest BCUT2D eigenvalue weighted by atomic mass is 35.5. The number of anilines is 2.